The standard InChI is InChI=1S/C12H16N4O4/c1-12(2,10(13)17)15(3)11(18)14-8-4-6-9(7-5-8)16(19)20/h4-7H,1-3H3,(H2,13,17)(H,14,18). The average molecular weight is 280 g/mol. The lowest BCUT2D eigenvalue weighted by molar-refractivity contribution is -0.384. The number of anilines is 1. The van der Waals surface area contributed by atoms with E-state index in [4.69, 9.17) is 5.73 Å². The van der Waals surface area contributed by atoms with E-state index in [0.717, 1.165) is 4.90 Å². The van der Waals surface area contributed by atoms with Gasteiger partial charge in [-0.25, -0.2) is 4.79 Å². The number of nitrogens with two attached hydrogens (primary N) is 1. The van der Waals surface area contributed by atoms with Gasteiger partial charge in [-0.1, -0.05) is 0 Å². The molecule has 1 rings (SSSR count). The zero-order valence-electron chi connectivity index (χ0n) is 11.4. The van der Waals surface area contributed by atoms with Gasteiger partial charge in [-0.15, -0.1) is 0 Å². The molecular formula is C12H16N4O4. The van der Waals surface area contributed by atoms with Crippen molar-refractivity contribution in [2.75, 3.05) is 12.4 Å². The molecule has 3 amide bonds. The van der Waals surface area contributed by atoms with Gasteiger partial charge in [0.15, 0.2) is 0 Å². The molecule has 3 N–H and O–H groups in total. The SMILES string of the molecule is CN(C(=O)Nc1ccc([N+](=O)[O-])cc1)C(C)(C)C(N)=O. The molecule has 0 heterocycles. The Morgan fingerprint density at radius 3 is 2.20 bits per heavy atom. The minimum Gasteiger partial charge on any atom is -0.368 e. The van der Waals surface area contributed by atoms with Crippen molar-refractivity contribution in [2.24, 2.45) is 5.73 Å². The van der Waals surface area contributed by atoms with Crippen molar-refractivity contribution in [3.05, 3.63) is 34.4 Å². The Hall–Kier alpha value is -2.64. The van der Waals surface area contributed by atoms with Crippen LogP contribution in [0.25, 0.3) is 0 Å². The average Bonchev–Trinajstić information content (AvgIpc) is 2.38. The summed E-state index contributed by atoms with van der Waals surface area (Å²) in [7, 11) is 1.44. The quantitative estimate of drug-likeness (QED) is 0.638. The molecule has 0 atom stereocenters. The van der Waals surface area contributed by atoms with E-state index in [1.165, 1.54) is 45.2 Å². The van der Waals surface area contributed by atoms with E-state index in [2.05, 4.69) is 5.32 Å². The lowest BCUT2D eigenvalue weighted by Gasteiger charge is -2.32. The molecule has 0 fully saturated rings. The van der Waals surface area contributed by atoms with Crippen molar-refractivity contribution >= 4 is 23.3 Å². The second-order valence-electron chi connectivity index (χ2n) is 4.72. The Kier molecular flexibility index (Phi) is 4.28. The summed E-state index contributed by atoms with van der Waals surface area (Å²) >= 11 is 0. The number of non-ortho nitro benzene ring substituents is 1. The van der Waals surface area contributed by atoms with E-state index >= 15 is 0 Å². The molecule has 8 heteroatoms. The molecule has 1 aromatic rings. The van der Waals surface area contributed by atoms with Crippen LogP contribution in [-0.4, -0.2) is 34.3 Å². The van der Waals surface area contributed by atoms with Gasteiger partial charge in [0.2, 0.25) is 5.91 Å². The molecule has 0 aromatic heterocycles. The van der Waals surface area contributed by atoms with E-state index in [1.807, 2.05) is 0 Å². The van der Waals surface area contributed by atoms with E-state index in [1.54, 1.807) is 0 Å². The highest BCUT2D eigenvalue weighted by Gasteiger charge is 2.33. The lowest BCUT2D eigenvalue weighted by atomic mass is 10.0. The van der Waals surface area contributed by atoms with Crippen LogP contribution < -0.4 is 11.1 Å². The maximum absolute atomic E-state index is 12.0. The first-order valence-electron chi connectivity index (χ1n) is 5.75. The van der Waals surface area contributed by atoms with Crippen LogP contribution in [0.5, 0.6) is 0 Å². The fourth-order valence-electron chi connectivity index (χ4n) is 1.29. The fraction of sp³-hybridized carbons (Fsp3) is 0.333. The van der Waals surface area contributed by atoms with Crippen LogP contribution >= 0.6 is 0 Å². The monoisotopic (exact) mass is 280 g/mol. The third kappa shape index (κ3) is 3.22. The number of carbonyl (C=O) groups excluding carboxylic acids is 2. The third-order valence-corrected chi connectivity index (χ3v) is 3.08. The normalized spacial score (nSPS) is 10.8. The number of carbonyl (C=O) groups is 2. The van der Waals surface area contributed by atoms with Crippen molar-refractivity contribution in [3.8, 4) is 0 Å². The Morgan fingerprint density at radius 1 is 1.30 bits per heavy atom. The highest BCUT2D eigenvalue weighted by Crippen LogP contribution is 2.17. The minimum absolute atomic E-state index is 0.0752. The molecule has 0 bridgehead atoms. The first kappa shape index (κ1) is 15.4. The smallest absolute Gasteiger partial charge is 0.322 e. The van der Waals surface area contributed by atoms with Crippen molar-refractivity contribution in [2.45, 2.75) is 19.4 Å². The van der Waals surface area contributed by atoms with Gasteiger partial charge in [-0.2, -0.15) is 0 Å². The number of nitro benzene ring substituents is 1. The molecule has 0 aliphatic heterocycles. The number of nitrogens with one attached hydrogen (secondary N) is 1. The first-order chi connectivity index (χ1) is 9.16. The minimum atomic E-state index is -1.15. The summed E-state index contributed by atoms with van der Waals surface area (Å²) in [6, 6.07) is 4.81. The summed E-state index contributed by atoms with van der Waals surface area (Å²) in [6.07, 6.45) is 0. The number of amides is 3. The number of nitro groups is 1. The Morgan fingerprint density at radius 2 is 1.80 bits per heavy atom. The summed E-state index contributed by atoms with van der Waals surface area (Å²) in [5, 5.41) is 13.0. The van der Waals surface area contributed by atoms with Crippen LogP contribution in [0, 0.1) is 10.1 Å². The summed E-state index contributed by atoms with van der Waals surface area (Å²) in [4.78, 5) is 34.4. The predicted molar refractivity (Wildman–Crippen MR) is 73.2 cm³/mol. The Bertz CT molecular complexity index is 539. The van der Waals surface area contributed by atoms with Crippen LogP contribution in [0.4, 0.5) is 16.2 Å². The van der Waals surface area contributed by atoms with Crippen molar-refractivity contribution in [3.63, 3.8) is 0 Å². The number of hydrogen-bond acceptors (Lipinski definition) is 4. The van der Waals surface area contributed by atoms with Gasteiger partial charge >= 0.3 is 6.03 Å². The molecule has 0 aliphatic rings. The van der Waals surface area contributed by atoms with Gasteiger partial charge in [-0.05, 0) is 26.0 Å². The number of rotatable bonds is 4. The van der Waals surface area contributed by atoms with Crippen LogP contribution in [0.15, 0.2) is 24.3 Å². The van der Waals surface area contributed by atoms with E-state index in [-0.39, 0.29) is 5.69 Å². The highest BCUT2D eigenvalue weighted by molar-refractivity contribution is 5.94. The van der Waals surface area contributed by atoms with Gasteiger partial charge in [-0.3, -0.25) is 14.9 Å². The molecular weight excluding hydrogens is 264 g/mol. The summed E-state index contributed by atoms with van der Waals surface area (Å²) in [6.45, 7) is 3.04. The molecule has 0 saturated heterocycles. The zero-order chi connectivity index (χ0) is 15.5. The number of primary amides is 1. The largest absolute Gasteiger partial charge is 0.368 e. The molecule has 0 spiro atoms. The Labute approximate surface area is 115 Å². The third-order valence-electron chi connectivity index (χ3n) is 3.08. The molecule has 108 valence electrons. The molecule has 1 aromatic carbocycles. The van der Waals surface area contributed by atoms with Crippen LogP contribution in [0.2, 0.25) is 0 Å². The van der Waals surface area contributed by atoms with Gasteiger partial charge in [0, 0.05) is 24.9 Å². The van der Waals surface area contributed by atoms with Crippen molar-refractivity contribution < 1.29 is 14.5 Å². The van der Waals surface area contributed by atoms with Gasteiger partial charge in [0.05, 0.1) is 4.92 Å². The topological polar surface area (TPSA) is 119 Å². The maximum Gasteiger partial charge on any atom is 0.322 e. The van der Waals surface area contributed by atoms with Gasteiger partial charge < -0.3 is 16.0 Å². The summed E-state index contributed by atoms with van der Waals surface area (Å²) in [5.41, 5.74) is 4.38. The summed E-state index contributed by atoms with van der Waals surface area (Å²) in [5.74, 6) is -0.640. The molecule has 20 heavy (non-hydrogen) atoms. The number of urea groups is 1. The van der Waals surface area contributed by atoms with Gasteiger partial charge in [0.1, 0.15) is 5.54 Å². The number of hydrogen-bond donors (Lipinski definition) is 2. The van der Waals surface area contributed by atoms with E-state index in [0.29, 0.717) is 5.69 Å². The van der Waals surface area contributed by atoms with Crippen molar-refractivity contribution in [1.29, 1.82) is 0 Å². The number of nitrogens with zero attached hydrogens (tertiary/aromatic N) is 2. The highest BCUT2D eigenvalue weighted by atomic mass is 16.6. The second kappa shape index (κ2) is 5.55. The van der Waals surface area contributed by atoms with Gasteiger partial charge in [0.25, 0.3) is 5.69 Å². The Balaban J connectivity index is 2.80. The van der Waals surface area contributed by atoms with Crippen molar-refractivity contribution in [1.82, 2.24) is 4.90 Å². The molecule has 8 nitrogen and oxygen atoms in total. The van der Waals surface area contributed by atoms with E-state index < -0.39 is 22.4 Å². The molecule has 0 unspecified atom stereocenters. The molecule has 0 radical (unpaired) electrons. The number of benzene rings is 1. The molecule has 0 saturated carbocycles. The number of likely N-dealkylation sites (N-methyl/N-ethyl adjacent to an activating group) is 1. The predicted octanol–water partition coefficient (Wildman–Crippen LogP) is 1.32. The first-order valence-corrected chi connectivity index (χ1v) is 5.75. The maximum atomic E-state index is 12.0. The second-order valence-corrected chi connectivity index (χ2v) is 4.72. The molecule has 0 aliphatic carbocycles. The van der Waals surface area contributed by atoms with E-state index in [9.17, 15) is 19.7 Å². The van der Waals surface area contributed by atoms with Crippen LogP contribution in [-0.2, 0) is 4.79 Å². The summed E-state index contributed by atoms with van der Waals surface area (Å²) < 4.78 is 0. The van der Waals surface area contributed by atoms with Crippen LogP contribution in [0.3, 0.4) is 0 Å². The zero-order valence-corrected chi connectivity index (χ0v) is 11.4. The van der Waals surface area contributed by atoms with Crippen LogP contribution in [0.1, 0.15) is 13.8 Å². The fourth-order valence-corrected chi connectivity index (χ4v) is 1.29. The lowest BCUT2D eigenvalue weighted by Crippen LogP contribution is -2.55.